The van der Waals surface area contributed by atoms with Crippen LogP contribution < -0.4 is 19.5 Å². The molecule has 1 unspecified atom stereocenters. The van der Waals surface area contributed by atoms with Gasteiger partial charge in [0.25, 0.3) is 0 Å². The molecule has 1 aromatic carbocycles. The number of anilines is 1. The predicted molar refractivity (Wildman–Crippen MR) is 120 cm³/mol. The first kappa shape index (κ1) is 21.9. The van der Waals surface area contributed by atoms with Crippen molar-refractivity contribution < 1.29 is 17.9 Å². The van der Waals surface area contributed by atoms with Crippen molar-refractivity contribution in [2.75, 3.05) is 26.1 Å². The fourth-order valence-electron chi connectivity index (χ4n) is 4.82. The molecule has 0 spiro atoms. The second-order valence-electron chi connectivity index (χ2n) is 8.61. The minimum absolute atomic E-state index is 0.186. The number of aromatic nitrogens is 1. The van der Waals surface area contributed by atoms with Crippen molar-refractivity contribution in [3.05, 3.63) is 41.6 Å². The molecule has 4 rings (SSSR count). The number of nitrogens with one attached hydrogen (secondary N) is 2. The number of hydrogen-bond acceptors (Lipinski definition) is 6. The normalized spacial score (nSPS) is 23.2. The molecule has 2 saturated carbocycles. The van der Waals surface area contributed by atoms with Crippen LogP contribution >= 0.6 is 0 Å². The Morgan fingerprint density at radius 2 is 1.84 bits per heavy atom. The first-order chi connectivity index (χ1) is 14.8. The molecule has 2 N–H and O–H groups in total. The van der Waals surface area contributed by atoms with Crippen molar-refractivity contribution in [1.29, 1.82) is 0 Å². The third kappa shape index (κ3) is 4.50. The number of pyridine rings is 1. The molecule has 1 aromatic heterocycles. The lowest BCUT2D eigenvalue weighted by atomic mass is 10.1. The van der Waals surface area contributed by atoms with Gasteiger partial charge in [0.2, 0.25) is 10.0 Å². The lowest BCUT2D eigenvalue weighted by Gasteiger charge is -2.19. The van der Waals surface area contributed by atoms with E-state index in [1.54, 1.807) is 26.5 Å². The first-order valence-electron chi connectivity index (χ1n) is 10.8. The molecule has 2 aliphatic carbocycles. The fourth-order valence-corrected chi connectivity index (χ4v) is 6.10. The largest absolute Gasteiger partial charge is 0.493 e. The predicted octanol–water partition coefficient (Wildman–Crippen LogP) is 3.90. The Hall–Kier alpha value is -2.32. The van der Waals surface area contributed by atoms with Crippen molar-refractivity contribution in [2.45, 2.75) is 44.0 Å². The van der Waals surface area contributed by atoms with Gasteiger partial charge in [0.05, 0.1) is 20.3 Å². The van der Waals surface area contributed by atoms with E-state index in [2.05, 4.69) is 15.0 Å². The molecule has 2 aliphatic rings. The first-order valence-corrected chi connectivity index (χ1v) is 12.3. The number of ether oxygens (including phenoxy) is 2. The minimum atomic E-state index is -3.67. The molecule has 0 aliphatic heterocycles. The highest BCUT2D eigenvalue weighted by Crippen LogP contribution is 2.57. The molecule has 0 radical (unpaired) electrons. The zero-order valence-electron chi connectivity index (χ0n) is 18.5. The molecule has 0 saturated heterocycles. The highest BCUT2D eigenvalue weighted by atomic mass is 32.2. The van der Waals surface area contributed by atoms with Gasteiger partial charge in [-0.3, -0.25) is 0 Å². The summed E-state index contributed by atoms with van der Waals surface area (Å²) in [4.78, 5) is 4.59. The van der Waals surface area contributed by atoms with Gasteiger partial charge in [-0.25, -0.2) is 18.1 Å². The van der Waals surface area contributed by atoms with E-state index >= 15 is 0 Å². The summed E-state index contributed by atoms with van der Waals surface area (Å²) < 4.78 is 39.8. The summed E-state index contributed by atoms with van der Waals surface area (Å²) in [5.74, 6) is 3.51. The number of nitrogens with zero attached hydrogens (tertiary/aromatic N) is 1. The molecule has 2 aromatic rings. The second-order valence-corrected chi connectivity index (χ2v) is 10.3. The average molecular weight is 446 g/mol. The average Bonchev–Trinajstić information content (AvgIpc) is 3.19. The number of benzene rings is 1. The van der Waals surface area contributed by atoms with Gasteiger partial charge in [0.15, 0.2) is 11.5 Å². The van der Waals surface area contributed by atoms with E-state index in [4.69, 9.17) is 9.47 Å². The summed E-state index contributed by atoms with van der Waals surface area (Å²) >= 11 is 0. The third-order valence-corrected chi connectivity index (χ3v) is 8.07. The van der Waals surface area contributed by atoms with E-state index < -0.39 is 10.0 Å². The van der Waals surface area contributed by atoms with Crippen molar-refractivity contribution in [1.82, 2.24) is 9.71 Å². The molecular weight excluding hydrogens is 414 g/mol. The van der Waals surface area contributed by atoms with Crippen LogP contribution in [0.2, 0.25) is 0 Å². The van der Waals surface area contributed by atoms with Crippen LogP contribution in [-0.4, -0.2) is 34.2 Å². The SMILES string of the molecule is COc1ccc([C@@H](C)Nc2ncc(C)cc2S(=O)(=O)NCC2[C@H]3CCC[C@@H]23)cc1OC. The Balaban J connectivity index is 1.52. The van der Waals surface area contributed by atoms with E-state index in [1.165, 1.54) is 19.3 Å². The number of rotatable bonds is 9. The minimum Gasteiger partial charge on any atom is -0.493 e. The fraction of sp³-hybridized carbons (Fsp3) is 0.522. The summed E-state index contributed by atoms with van der Waals surface area (Å²) in [6, 6.07) is 7.12. The molecule has 0 amide bonds. The zero-order valence-corrected chi connectivity index (χ0v) is 19.3. The Kier molecular flexibility index (Phi) is 6.12. The maximum absolute atomic E-state index is 13.1. The Morgan fingerprint density at radius 1 is 1.13 bits per heavy atom. The summed E-state index contributed by atoms with van der Waals surface area (Å²) in [5.41, 5.74) is 1.73. The third-order valence-electron chi connectivity index (χ3n) is 6.63. The Bertz CT molecular complexity index is 1050. The highest BCUT2D eigenvalue weighted by molar-refractivity contribution is 7.89. The van der Waals surface area contributed by atoms with Crippen LogP contribution in [0.1, 0.15) is 43.4 Å². The summed E-state index contributed by atoms with van der Waals surface area (Å²) in [6.07, 6.45) is 5.42. The maximum atomic E-state index is 13.1. The monoisotopic (exact) mass is 445 g/mol. The van der Waals surface area contributed by atoms with E-state index in [0.717, 1.165) is 11.1 Å². The number of aryl methyl sites for hydroxylation is 1. The van der Waals surface area contributed by atoms with Crippen LogP contribution in [0.15, 0.2) is 35.4 Å². The van der Waals surface area contributed by atoms with E-state index in [0.29, 0.717) is 41.6 Å². The quantitative estimate of drug-likeness (QED) is 0.608. The Labute approximate surface area is 184 Å². The smallest absolute Gasteiger partial charge is 0.244 e. The van der Waals surface area contributed by atoms with Crippen LogP contribution in [0.5, 0.6) is 11.5 Å². The van der Waals surface area contributed by atoms with Crippen molar-refractivity contribution >= 4 is 15.8 Å². The number of fused-ring (bicyclic) bond motifs is 1. The van der Waals surface area contributed by atoms with Crippen molar-refractivity contribution in [3.8, 4) is 11.5 Å². The van der Waals surface area contributed by atoms with Gasteiger partial charge in [-0.15, -0.1) is 0 Å². The van der Waals surface area contributed by atoms with Gasteiger partial charge >= 0.3 is 0 Å². The van der Waals surface area contributed by atoms with Gasteiger partial charge in [-0.05, 0) is 73.8 Å². The molecular formula is C23H31N3O4S. The molecule has 4 atom stereocenters. The van der Waals surface area contributed by atoms with Gasteiger partial charge in [-0.1, -0.05) is 12.5 Å². The topological polar surface area (TPSA) is 89.5 Å². The molecule has 168 valence electrons. The second kappa shape index (κ2) is 8.67. The molecule has 2 fully saturated rings. The van der Waals surface area contributed by atoms with Gasteiger partial charge in [-0.2, -0.15) is 0 Å². The number of methoxy groups -OCH3 is 2. The zero-order chi connectivity index (χ0) is 22.2. The highest BCUT2D eigenvalue weighted by Gasteiger charge is 2.52. The standard InChI is InChI=1S/C23H31N3O4S/c1-14-10-22(31(27,28)25-13-19-17-6-5-7-18(17)19)23(24-12-14)26-15(2)16-8-9-20(29-3)21(11-16)30-4/h8-12,15,17-19,25H,5-7,13H2,1-4H3,(H,24,26)/t15-,17-,18+,19?/m1/s1. The molecule has 1 heterocycles. The van der Waals surface area contributed by atoms with Crippen molar-refractivity contribution in [2.24, 2.45) is 17.8 Å². The lowest BCUT2D eigenvalue weighted by molar-refractivity contribution is 0.354. The number of hydrogen-bond donors (Lipinski definition) is 2. The molecule has 31 heavy (non-hydrogen) atoms. The van der Waals surface area contributed by atoms with Crippen molar-refractivity contribution in [3.63, 3.8) is 0 Å². The van der Waals surface area contributed by atoms with E-state index in [1.807, 2.05) is 32.0 Å². The summed E-state index contributed by atoms with van der Waals surface area (Å²) in [5, 5.41) is 3.27. The van der Waals surface area contributed by atoms with Gasteiger partial charge < -0.3 is 14.8 Å². The van der Waals surface area contributed by atoms with Crippen LogP contribution in [0, 0.1) is 24.7 Å². The molecule has 0 bridgehead atoms. The van der Waals surface area contributed by atoms with Crippen LogP contribution in [0.3, 0.4) is 0 Å². The summed E-state index contributed by atoms with van der Waals surface area (Å²) in [6.45, 7) is 4.31. The summed E-state index contributed by atoms with van der Waals surface area (Å²) in [7, 11) is -0.490. The molecule has 7 nitrogen and oxygen atoms in total. The van der Waals surface area contributed by atoms with Gasteiger partial charge in [0.1, 0.15) is 10.7 Å². The van der Waals surface area contributed by atoms with Crippen LogP contribution in [-0.2, 0) is 10.0 Å². The Morgan fingerprint density at radius 3 is 2.52 bits per heavy atom. The maximum Gasteiger partial charge on any atom is 0.244 e. The molecule has 8 heteroatoms. The van der Waals surface area contributed by atoms with Gasteiger partial charge in [0, 0.05) is 12.7 Å². The van der Waals surface area contributed by atoms with E-state index in [-0.39, 0.29) is 10.9 Å². The van der Waals surface area contributed by atoms with Crippen LogP contribution in [0.4, 0.5) is 5.82 Å². The number of sulfonamides is 1. The van der Waals surface area contributed by atoms with Crippen LogP contribution in [0.25, 0.3) is 0 Å². The lowest BCUT2D eigenvalue weighted by Crippen LogP contribution is -2.28. The van der Waals surface area contributed by atoms with E-state index in [9.17, 15) is 8.42 Å².